The van der Waals surface area contributed by atoms with Gasteiger partial charge in [0.05, 0.1) is 0 Å². The second-order valence-electron chi connectivity index (χ2n) is 2.54. The normalized spacial score (nSPS) is 28.8. The first kappa shape index (κ1) is 8.62. The zero-order valence-electron chi connectivity index (χ0n) is 6.08. The molecule has 0 saturated carbocycles. The summed E-state index contributed by atoms with van der Waals surface area (Å²) in [5, 5.41) is 11.7. The van der Waals surface area contributed by atoms with Gasteiger partial charge in [-0.1, -0.05) is 0 Å². The Kier molecular flexibility index (Phi) is 2.96. The summed E-state index contributed by atoms with van der Waals surface area (Å²) < 4.78 is 0. The van der Waals surface area contributed by atoms with Crippen LogP contribution < -0.4 is 5.32 Å². The monoisotopic (exact) mass is 173 g/mol. The van der Waals surface area contributed by atoms with Crippen molar-refractivity contribution >= 4 is 18.6 Å². The summed E-state index contributed by atoms with van der Waals surface area (Å²) in [4.78, 5) is 10.3. The number of nitrogens with one attached hydrogen (secondary N) is 1. The van der Waals surface area contributed by atoms with Crippen LogP contribution in [0.3, 0.4) is 0 Å². The van der Waals surface area contributed by atoms with Crippen LogP contribution in [0, 0.1) is 0 Å². The van der Waals surface area contributed by atoms with E-state index in [9.17, 15) is 4.79 Å². The maximum atomic E-state index is 10.3. The van der Waals surface area contributed by atoms with Crippen LogP contribution in [0.25, 0.3) is 0 Å². The Morgan fingerprint density at radius 2 is 2.55 bits per heavy atom. The van der Waals surface area contributed by atoms with Gasteiger partial charge in [0.1, 0.15) is 0 Å². The SMILES string of the molecule is O=C(O)/C=C1/CNCCC1S. The van der Waals surface area contributed by atoms with Gasteiger partial charge in [-0.2, -0.15) is 12.6 Å². The minimum Gasteiger partial charge on any atom is -0.478 e. The van der Waals surface area contributed by atoms with Crippen LogP contribution in [0.4, 0.5) is 0 Å². The molecule has 1 heterocycles. The topological polar surface area (TPSA) is 49.3 Å². The number of carboxylic acids is 1. The van der Waals surface area contributed by atoms with E-state index in [0.717, 1.165) is 18.5 Å². The van der Waals surface area contributed by atoms with E-state index in [2.05, 4.69) is 17.9 Å². The van der Waals surface area contributed by atoms with Crippen molar-refractivity contribution < 1.29 is 9.90 Å². The lowest BCUT2D eigenvalue weighted by Crippen LogP contribution is -2.31. The van der Waals surface area contributed by atoms with Crippen molar-refractivity contribution in [2.24, 2.45) is 0 Å². The minimum atomic E-state index is -0.886. The van der Waals surface area contributed by atoms with Gasteiger partial charge in [-0.25, -0.2) is 4.79 Å². The molecular weight excluding hydrogens is 162 g/mol. The molecule has 1 atom stereocenters. The van der Waals surface area contributed by atoms with Crippen LogP contribution in [0.2, 0.25) is 0 Å². The Bertz CT molecular complexity index is 191. The zero-order chi connectivity index (χ0) is 8.27. The summed E-state index contributed by atoms with van der Waals surface area (Å²) in [6.07, 6.45) is 2.14. The molecule has 1 saturated heterocycles. The maximum absolute atomic E-state index is 10.3. The first-order valence-corrected chi connectivity index (χ1v) is 4.04. The lowest BCUT2D eigenvalue weighted by Gasteiger charge is -2.21. The van der Waals surface area contributed by atoms with Crippen molar-refractivity contribution in [2.45, 2.75) is 11.7 Å². The fourth-order valence-electron chi connectivity index (χ4n) is 1.08. The molecule has 1 aliphatic heterocycles. The molecule has 0 spiro atoms. The molecule has 0 aromatic carbocycles. The van der Waals surface area contributed by atoms with E-state index in [1.54, 1.807) is 0 Å². The fourth-order valence-corrected chi connectivity index (χ4v) is 1.38. The molecule has 1 fully saturated rings. The third-order valence-electron chi connectivity index (χ3n) is 1.66. The predicted octanol–water partition coefficient (Wildman–Crippen LogP) is 0.289. The van der Waals surface area contributed by atoms with Gasteiger partial charge in [0.2, 0.25) is 0 Å². The van der Waals surface area contributed by atoms with Gasteiger partial charge in [-0.3, -0.25) is 0 Å². The molecule has 2 N–H and O–H groups in total. The number of carboxylic acid groups (broad SMARTS) is 1. The summed E-state index contributed by atoms with van der Waals surface area (Å²) in [6, 6.07) is 0. The molecule has 0 bridgehead atoms. The van der Waals surface area contributed by atoms with Gasteiger partial charge in [-0.15, -0.1) is 0 Å². The van der Waals surface area contributed by atoms with E-state index >= 15 is 0 Å². The van der Waals surface area contributed by atoms with Crippen LogP contribution in [0.1, 0.15) is 6.42 Å². The van der Waals surface area contributed by atoms with Crippen molar-refractivity contribution in [2.75, 3.05) is 13.1 Å². The zero-order valence-corrected chi connectivity index (χ0v) is 6.97. The number of piperidine rings is 1. The van der Waals surface area contributed by atoms with Crippen molar-refractivity contribution in [3.8, 4) is 0 Å². The molecule has 0 amide bonds. The van der Waals surface area contributed by atoms with Crippen LogP contribution in [0.15, 0.2) is 11.6 Å². The molecule has 11 heavy (non-hydrogen) atoms. The Labute approximate surface area is 70.9 Å². The highest BCUT2D eigenvalue weighted by atomic mass is 32.1. The number of hydrogen-bond donors (Lipinski definition) is 3. The van der Waals surface area contributed by atoms with Crippen molar-refractivity contribution in [3.05, 3.63) is 11.6 Å². The van der Waals surface area contributed by atoms with Gasteiger partial charge >= 0.3 is 5.97 Å². The molecule has 62 valence electrons. The summed E-state index contributed by atoms with van der Waals surface area (Å²) >= 11 is 4.26. The molecule has 0 aliphatic carbocycles. The molecule has 0 radical (unpaired) electrons. The lowest BCUT2D eigenvalue weighted by atomic mass is 10.1. The average Bonchev–Trinajstić information content (AvgIpc) is 1.93. The van der Waals surface area contributed by atoms with E-state index in [0.29, 0.717) is 6.54 Å². The van der Waals surface area contributed by atoms with E-state index < -0.39 is 5.97 Å². The van der Waals surface area contributed by atoms with E-state index in [1.165, 1.54) is 6.08 Å². The van der Waals surface area contributed by atoms with E-state index in [1.807, 2.05) is 0 Å². The van der Waals surface area contributed by atoms with Gasteiger partial charge in [-0.05, 0) is 18.5 Å². The second-order valence-corrected chi connectivity index (χ2v) is 3.16. The standard InChI is InChI=1S/C7H11NO2S/c9-7(10)3-5-4-8-2-1-6(5)11/h3,6,8,11H,1-2,4H2,(H,9,10)/b5-3-. The van der Waals surface area contributed by atoms with Crippen LogP contribution in [-0.4, -0.2) is 29.4 Å². The molecule has 1 unspecified atom stereocenters. The quantitative estimate of drug-likeness (QED) is 0.394. The van der Waals surface area contributed by atoms with Crippen LogP contribution >= 0.6 is 12.6 Å². The molecular formula is C7H11NO2S. The summed E-state index contributed by atoms with van der Waals surface area (Å²) in [7, 11) is 0. The van der Waals surface area contributed by atoms with Gasteiger partial charge in [0, 0.05) is 17.9 Å². The van der Waals surface area contributed by atoms with Gasteiger partial charge in [0.25, 0.3) is 0 Å². The Morgan fingerprint density at radius 3 is 3.09 bits per heavy atom. The third kappa shape index (κ3) is 2.55. The highest BCUT2D eigenvalue weighted by molar-refractivity contribution is 7.81. The van der Waals surface area contributed by atoms with Crippen molar-refractivity contribution in [1.29, 1.82) is 0 Å². The molecule has 1 rings (SSSR count). The van der Waals surface area contributed by atoms with Crippen molar-refractivity contribution in [1.82, 2.24) is 5.32 Å². The average molecular weight is 173 g/mol. The van der Waals surface area contributed by atoms with Gasteiger partial charge in [0.15, 0.2) is 0 Å². The number of carbonyl (C=O) groups is 1. The molecule has 3 nitrogen and oxygen atoms in total. The van der Waals surface area contributed by atoms with E-state index in [-0.39, 0.29) is 5.25 Å². The first-order valence-electron chi connectivity index (χ1n) is 3.52. The second kappa shape index (κ2) is 3.78. The molecule has 4 heteroatoms. The smallest absolute Gasteiger partial charge is 0.328 e. The maximum Gasteiger partial charge on any atom is 0.328 e. The highest BCUT2D eigenvalue weighted by Gasteiger charge is 2.14. The summed E-state index contributed by atoms with van der Waals surface area (Å²) in [5.74, 6) is -0.886. The highest BCUT2D eigenvalue weighted by Crippen LogP contribution is 2.15. The minimum absolute atomic E-state index is 0.118. The Morgan fingerprint density at radius 1 is 1.82 bits per heavy atom. The number of thiol groups is 1. The Hall–Kier alpha value is -0.480. The summed E-state index contributed by atoms with van der Waals surface area (Å²) in [6.45, 7) is 1.57. The van der Waals surface area contributed by atoms with Crippen molar-refractivity contribution in [3.63, 3.8) is 0 Å². The molecule has 1 aliphatic rings. The molecule has 0 aromatic rings. The number of hydrogen-bond acceptors (Lipinski definition) is 3. The summed E-state index contributed by atoms with van der Waals surface area (Å²) in [5.41, 5.74) is 0.868. The first-order chi connectivity index (χ1) is 5.20. The number of rotatable bonds is 1. The van der Waals surface area contributed by atoms with E-state index in [4.69, 9.17) is 5.11 Å². The van der Waals surface area contributed by atoms with Crippen LogP contribution in [-0.2, 0) is 4.79 Å². The largest absolute Gasteiger partial charge is 0.478 e. The lowest BCUT2D eigenvalue weighted by molar-refractivity contribution is -0.131. The molecule has 0 aromatic heterocycles. The van der Waals surface area contributed by atoms with Gasteiger partial charge < -0.3 is 10.4 Å². The Balaban J connectivity index is 2.60. The predicted molar refractivity (Wildman–Crippen MR) is 46.0 cm³/mol. The number of aliphatic carboxylic acids is 1. The van der Waals surface area contributed by atoms with Crippen LogP contribution in [0.5, 0.6) is 0 Å². The fraction of sp³-hybridized carbons (Fsp3) is 0.571. The third-order valence-corrected chi connectivity index (χ3v) is 2.25.